The van der Waals surface area contributed by atoms with E-state index in [2.05, 4.69) is 6.92 Å². The Kier molecular flexibility index (Phi) is 6.05. The summed E-state index contributed by atoms with van der Waals surface area (Å²) in [5.74, 6) is -0.0491. The number of phenols is 1. The molecule has 0 amide bonds. The summed E-state index contributed by atoms with van der Waals surface area (Å²) in [6.45, 7) is 4.77. The third kappa shape index (κ3) is 4.28. The van der Waals surface area contributed by atoms with Gasteiger partial charge in [-0.05, 0) is 31.5 Å². The Labute approximate surface area is 108 Å². The van der Waals surface area contributed by atoms with Crippen molar-refractivity contribution in [2.75, 3.05) is 13.2 Å². The molecule has 0 saturated carbocycles. The fourth-order valence-corrected chi connectivity index (χ4v) is 1.51. The summed E-state index contributed by atoms with van der Waals surface area (Å²) in [6.07, 6.45) is 3.01. The SMILES string of the molecule is CCCCCOC(=O)c1ccc(O)c(OCC)c1. The van der Waals surface area contributed by atoms with Gasteiger partial charge in [0.2, 0.25) is 0 Å². The van der Waals surface area contributed by atoms with Crippen molar-refractivity contribution in [1.29, 1.82) is 0 Å². The minimum atomic E-state index is -0.382. The molecule has 0 atom stereocenters. The molecule has 1 aromatic carbocycles. The highest BCUT2D eigenvalue weighted by Crippen LogP contribution is 2.27. The lowest BCUT2D eigenvalue weighted by atomic mass is 10.2. The summed E-state index contributed by atoms with van der Waals surface area (Å²) in [5.41, 5.74) is 0.396. The normalized spacial score (nSPS) is 10.1. The van der Waals surface area contributed by atoms with Crippen LogP contribution in [-0.4, -0.2) is 24.3 Å². The summed E-state index contributed by atoms with van der Waals surface area (Å²) in [7, 11) is 0. The summed E-state index contributed by atoms with van der Waals surface area (Å²) < 4.78 is 10.3. The van der Waals surface area contributed by atoms with Crippen molar-refractivity contribution in [1.82, 2.24) is 0 Å². The van der Waals surface area contributed by atoms with Crippen LogP contribution in [0, 0.1) is 0 Å². The molecule has 4 nitrogen and oxygen atoms in total. The first-order valence-corrected chi connectivity index (χ1v) is 6.32. The highest BCUT2D eigenvalue weighted by molar-refractivity contribution is 5.90. The second kappa shape index (κ2) is 7.58. The lowest BCUT2D eigenvalue weighted by molar-refractivity contribution is 0.0497. The van der Waals surface area contributed by atoms with Gasteiger partial charge in [-0.25, -0.2) is 4.79 Å². The summed E-state index contributed by atoms with van der Waals surface area (Å²) in [6, 6.07) is 4.47. The molecule has 18 heavy (non-hydrogen) atoms. The number of unbranched alkanes of at least 4 members (excludes halogenated alkanes) is 2. The number of hydrogen-bond acceptors (Lipinski definition) is 4. The molecule has 0 bridgehead atoms. The number of esters is 1. The number of ether oxygens (including phenoxy) is 2. The van der Waals surface area contributed by atoms with E-state index in [9.17, 15) is 9.90 Å². The zero-order valence-corrected chi connectivity index (χ0v) is 10.9. The zero-order valence-electron chi connectivity index (χ0n) is 10.9. The van der Waals surface area contributed by atoms with Crippen LogP contribution in [0.4, 0.5) is 0 Å². The minimum absolute atomic E-state index is 0.0272. The Hall–Kier alpha value is -1.71. The molecule has 1 aromatic rings. The maximum atomic E-state index is 11.7. The molecule has 0 aliphatic heterocycles. The third-order valence-corrected chi connectivity index (χ3v) is 2.48. The molecule has 0 fully saturated rings. The summed E-state index contributed by atoms with van der Waals surface area (Å²) in [4.78, 5) is 11.7. The number of hydrogen-bond donors (Lipinski definition) is 1. The average molecular weight is 252 g/mol. The molecule has 0 unspecified atom stereocenters. The maximum Gasteiger partial charge on any atom is 0.338 e. The van der Waals surface area contributed by atoms with Crippen molar-refractivity contribution < 1.29 is 19.4 Å². The minimum Gasteiger partial charge on any atom is -0.504 e. The first kappa shape index (κ1) is 14.4. The van der Waals surface area contributed by atoms with Crippen LogP contribution in [0.15, 0.2) is 18.2 Å². The van der Waals surface area contributed by atoms with E-state index in [4.69, 9.17) is 9.47 Å². The molecule has 100 valence electrons. The Morgan fingerprint density at radius 2 is 2.06 bits per heavy atom. The Bertz CT molecular complexity index is 387. The Balaban J connectivity index is 2.59. The van der Waals surface area contributed by atoms with Crippen molar-refractivity contribution in [2.45, 2.75) is 33.1 Å². The number of rotatable bonds is 7. The van der Waals surface area contributed by atoms with E-state index in [1.807, 2.05) is 6.92 Å². The molecular formula is C14H20O4. The van der Waals surface area contributed by atoms with E-state index < -0.39 is 0 Å². The highest BCUT2D eigenvalue weighted by Gasteiger charge is 2.11. The van der Waals surface area contributed by atoms with Gasteiger partial charge in [0.15, 0.2) is 11.5 Å². The predicted molar refractivity (Wildman–Crippen MR) is 69.1 cm³/mol. The van der Waals surface area contributed by atoms with Crippen LogP contribution < -0.4 is 4.74 Å². The molecular weight excluding hydrogens is 232 g/mol. The van der Waals surface area contributed by atoms with E-state index >= 15 is 0 Å². The summed E-state index contributed by atoms with van der Waals surface area (Å²) >= 11 is 0. The van der Waals surface area contributed by atoms with Gasteiger partial charge < -0.3 is 14.6 Å². The van der Waals surface area contributed by atoms with Gasteiger partial charge in [0, 0.05) is 0 Å². The van der Waals surface area contributed by atoms with Gasteiger partial charge in [-0.3, -0.25) is 0 Å². The molecule has 0 saturated heterocycles. The Morgan fingerprint density at radius 1 is 1.28 bits per heavy atom. The van der Waals surface area contributed by atoms with E-state index in [0.29, 0.717) is 24.5 Å². The second-order valence-electron chi connectivity index (χ2n) is 3.96. The molecule has 0 aliphatic rings. The standard InChI is InChI=1S/C14H20O4/c1-3-5-6-9-18-14(16)11-7-8-12(15)13(10-11)17-4-2/h7-8,10,15H,3-6,9H2,1-2H3. The molecule has 1 N–H and O–H groups in total. The van der Waals surface area contributed by atoms with Crippen molar-refractivity contribution >= 4 is 5.97 Å². The maximum absolute atomic E-state index is 11.7. The fraction of sp³-hybridized carbons (Fsp3) is 0.500. The quantitative estimate of drug-likeness (QED) is 0.598. The monoisotopic (exact) mass is 252 g/mol. The Morgan fingerprint density at radius 3 is 2.72 bits per heavy atom. The first-order chi connectivity index (χ1) is 8.69. The van der Waals surface area contributed by atoms with Crippen LogP contribution in [0.3, 0.4) is 0 Å². The lowest BCUT2D eigenvalue weighted by Crippen LogP contribution is -2.06. The number of carbonyl (C=O) groups is 1. The van der Waals surface area contributed by atoms with Gasteiger partial charge >= 0.3 is 5.97 Å². The van der Waals surface area contributed by atoms with Crippen molar-refractivity contribution in [3.63, 3.8) is 0 Å². The van der Waals surface area contributed by atoms with Crippen molar-refractivity contribution in [3.8, 4) is 11.5 Å². The van der Waals surface area contributed by atoms with Crippen LogP contribution in [0.1, 0.15) is 43.5 Å². The van der Waals surface area contributed by atoms with Gasteiger partial charge in [0.25, 0.3) is 0 Å². The number of aromatic hydroxyl groups is 1. The molecule has 0 aromatic heterocycles. The van der Waals surface area contributed by atoms with Crippen LogP contribution in [0.5, 0.6) is 11.5 Å². The van der Waals surface area contributed by atoms with Gasteiger partial charge in [-0.2, -0.15) is 0 Å². The van der Waals surface area contributed by atoms with E-state index in [1.54, 1.807) is 0 Å². The topological polar surface area (TPSA) is 55.8 Å². The molecule has 4 heteroatoms. The highest BCUT2D eigenvalue weighted by atomic mass is 16.5. The van der Waals surface area contributed by atoms with Crippen LogP contribution in [0.25, 0.3) is 0 Å². The van der Waals surface area contributed by atoms with Crippen LogP contribution in [0.2, 0.25) is 0 Å². The lowest BCUT2D eigenvalue weighted by Gasteiger charge is -2.08. The van der Waals surface area contributed by atoms with E-state index in [-0.39, 0.29) is 11.7 Å². The molecule has 0 aliphatic carbocycles. The number of benzene rings is 1. The van der Waals surface area contributed by atoms with Gasteiger partial charge in [0.05, 0.1) is 18.8 Å². The third-order valence-electron chi connectivity index (χ3n) is 2.48. The van der Waals surface area contributed by atoms with Gasteiger partial charge in [-0.15, -0.1) is 0 Å². The number of carbonyl (C=O) groups excluding carboxylic acids is 1. The van der Waals surface area contributed by atoms with E-state index in [1.165, 1.54) is 18.2 Å². The summed E-state index contributed by atoms with van der Waals surface area (Å²) in [5, 5.41) is 9.52. The molecule has 0 heterocycles. The van der Waals surface area contributed by atoms with Crippen LogP contribution in [-0.2, 0) is 4.74 Å². The van der Waals surface area contributed by atoms with E-state index in [0.717, 1.165) is 19.3 Å². The molecule has 0 radical (unpaired) electrons. The first-order valence-electron chi connectivity index (χ1n) is 6.32. The average Bonchev–Trinajstić information content (AvgIpc) is 2.37. The fourth-order valence-electron chi connectivity index (χ4n) is 1.51. The largest absolute Gasteiger partial charge is 0.504 e. The van der Waals surface area contributed by atoms with Crippen LogP contribution >= 0.6 is 0 Å². The van der Waals surface area contributed by atoms with Crippen molar-refractivity contribution in [3.05, 3.63) is 23.8 Å². The predicted octanol–water partition coefficient (Wildman–Crippen LogP) is 3.14. The zero-order chi connectivity index (χ0) is 13.4. The second-order valence-corrected chi connectivity index (χ2v) is 3.96. The van der Waals surface area contributed by atoms with Gasteiger partial charge in [-0.1, -0.05) is 19.8 Å². The smallest absolute Gasteiger partial charge is 0.338 e. The number of phenolic OH excluding ortho intramolecular Hbond substituents is 1. The van der Waals surface area contributed by atoms with Gasteiger partial charge in [0.1, 0.15) is 0 Å². The van der Waals surface area contributed by atoms with Crippen molar-refractivity contribution in [2.24, 2.45) is 0 Å². The molecule has 0 spiro atoms. The molecule has 1 rings (SSSR count).